The van der Waals surface area contributed by atoms with Gasteiger partial charge in [0.15, 0.2) is 0 Å². The zero-order valence-corrected chi connectivity index (χ0v) is 20.3. The van der Waals surface area contributed by atoms with E-state index in [0.29, 0.717) is 18.8 Å². The first kappa shape index (κ1) is 28.1. The molecule has 0 radical (unpaired) electrons. The molecule has 0 aliphatic heterocycles. The molecule has 0 saturated carbocycles. The molecule has 1 rings (SSSR count). The van der Waals surface area contributed by atoms with Gasteiger partial charge in [-0.3, -0.25) is 0 Å². The van der Waals surface area contributed by atoms with Crippen LogP contribution in [0.2, 0.25) is 0 Å². The van der Waals surface area contributed by atoms with Gasteiger partial charge in [0, 0.05) is 12.5 Å². The fourth-order valence-corrected chi connectivity index (χ4v) is 4.09. The predicted molar refractivity (Wildman–Crippen MR) is 133 cm³/mol. The topological polar surface area (TPSA) is 78.8 Å². The lowest BCUT2D eigenvalue weighted by atomic mass is 10.0. The van der Waals surface area contributed by atoms with Gasteiger partial charge in [0.1, 0.15) is 11.5 Å². The highest BCUT2D eigenvalue weighted by Crippen LogP contribution is 2.17. The molecule has 1 atom stereocenters. The van der Waals surface area contributed by atoms with Crippen molar-refractivity contribution in [1.29, 1.82) is 0 Å². The molecule has 0 bridgehead atoms. The van der Waals surface area contributed by atoms with Gasteiger partial charge in [-0.2, -0.15) is 0 Å². The molecule has 5 heteroatoms. The Bertz CT molecular complexity index is 561. The first-order valence-electron chi connectivity index (χ1n) is 13.0. The fourth-order valence-electron chi connectivity index (χ4n) is 4.09. The highest BCUT2D eigenvalue weighted by Gasteiger charge is 2.11. The second-order valence-corrected chi connectivity index (χ2v) is 9.02. The highest BCUT2D eigenvalue weighted by molar-refractivity contribution is 5.64. The van der Waals surface area contributed by atoms with Crippen LogP contribution < -0.4 is 10.1 Å². The molecular weight excluding hydrogens is 402 g/mol. The van der Waals surface area contributed by atoms with E-state index in [2.05, 4.69) is 12.2 Å². The number of ether oxygens (including phenoxy) is 1. The van der Waals surface area contributed by atoms with Crippen LogP contribution in [0.3, 0.4) is 0 Å². The first-order valence-corrected chi connectivity index (χ1v) is 13.0. The van der Waals surface area contributed by atoms with Crippen LogP contribution in [-0.2, 0) is 0 Å². The average molecular weight is 450 g/mol. The Balaban J connectivity index is 1.97. The van der Waals surface area contributed by atoms with Crippen LogP contribution >= 0.6 is 0 Å². The fraction of sp³-hybridized carbons (Fsp3) is 0.741. The standard InChI is InChI=1S/C27H47NO4/c1-2-3-4-5-6-7-8-9-10-11-12-13-14-15-16-17-24(28-27(30)31)22-23-32-26-20-18-25(29)19-21-26/h18-21,24,28-29H,2-17,22-23H2,1H3,(H,30,31). The van der Waals surface area contributed by atoms with E-state index < -0.39 is 6.09 Å². The van der Waals surface area contributed by atoms with E-state index in [4.69, 9.17) is 9.84 Å². The minimum atomic E-state index is -0.972. The summed E-state index contributed by atoms with van der Waals surface area (Å²) < 4.78 is 5.66. The van der Waals surface area contributed by atoms with Crippen molar-refractivity contribution in [1.82, 2.24) is 5.32 Å². The summed E-state index contributed by atoms with van der Waals surface area (Å²) in [4.78, 5) is 11.1. The third kappa shape index (κ3) is 16.7. The monoisotopic (exact) mass is 449 g/mol. The zero-order chi connectivity index (χ0) is 23.3. The molecule has 0 spiro atoms. The molecule has 0 fully saturated rings. The van der Waals surface area contributed by atoms with Crippen molar-refractivity contribution in [2.24, 2.45) is 0 Å². The summed E-state index contributed by atoms with van der Waals surface area (Å²) in [6, 6.07) is 6.51. The Kier molecular flexibility index (Phi) is 17.4. The molecule has 0 heterocycles. The van der Waals surface area contributed by atoms with Crippen LogP contribution in [0.4, 0.5) is 4.79 Å². The summed E-state index contributed by atoms with van der Waals surface area (Å²) in [6.07, 6.45) is 20.5. The van der Waals surface area contributed by atoms with E-state index in [1.165, 1.54) is 83.5 Å². The molecular formula is C27H47NO4. The van der Waals surface area contributed by atoms with Crippen molar-refractivity contribution in [2.75, 3.05) is 6.61 Å². The number of carboxylic acid groups (broad SMARTS) is 1. The Morgan fingerprint density at radius 1 is 0.781 bits per heavy atom. The number of phenols is 1. The largest absolute Gasteiger partial charge is 0.508 e. The maximum atomic E-state index is 11.1. The van der Waals surface area contributed by atoms with Gasteiger partial charge in [-0.25, -0.2) is 4.79 Å². The maximum absolute atomic E-state index is 11.1. The van der Waals surface area contributed by atoms with Gasteiger partial charge in [-0.1, -0.05) is 103 Å². The zero-order valence-electron chi connectivity index (χ0n) is 20.3. The number of rotatable bonds is 21. The number of aromatic hydroxyl groups is 1. The van der Waals surface area contributed by atoms with Crippen LogP contribution in [-0.4, -0.2) is 29.0 Å². The molecule has 1 aromatic carbocycles. The van der Waals surface area contributed by atoms with Crippen LogP contribution in [0, 0.1) is 0 Å². The summed E-state index contributed by atoms with van der Waals surface area (Å²) >= 11 is 0. The van der Waals surface area contributed by atoms with Crippen molar-refractivity contribution in [3.8, 4) is 11.5 Å². The molecule has 5 nitrogen and oxygen atoms in total. The number of hydrogen-bond donors (Lipinski definition) is 3. The van der Waals surface area contributed by atoms with Gasteiger partial charge in [-0.15, -0.1) is 0 Å². The van der Waals surface area contributed by atoms with Crippen LogP contribution in [0.15, 0.2) is 24.3 Å². The molecule has 0 saturated heterocycles. The summed E-state index contributed by atoms with van der Waals surface area (Å²) in [5.41, 5.74) is 0. The molecule has 32 heavy (non-hydrogen) atoms. The lowest BCUT2D eigenvalue weighted by molar-refractivity contribution is 0.185. The van der Waals surface area contributed by atoms with Crippen LogP contribution in [0.5, 0.6) is 11.5 Å². The van der Waals surface area contributed by atoms with E-state index in [0.717, 1.165) is 19.3 Å². The molecule has 1 unspecified atom stereocenters. The molecule has 0 aliphatic rings. The van der Waals surface area contributed by atoms with Gasteiger partial charge in [0.25, 0.3) is 0 Å². The van der Waals surface area contributed by atoms with E-state index in [1.807, 2.05) is 0 Å². The number of unbranched alkanes of at least 4 members (excludes halogenated alkanes) is 14. The van der Waals surface area contributed by atoms with Crippen molar-refractivity contribution in [2.45, 2.75) is 122 Å². The first-order chi connectivity index (χ1) is 15.6. The van der Waals surface area contributed by atoms with Crippen molar-refractivity contribution < 1.29 is 19.7 Å². The molecule has 184 valence electrons. The normalized spacial score (nSPS) is 11.9. The van der Waals surface area contributed by atoms with Gasteiger partial charge in [-0.05, 0) is 30.7 Å². The third-order valence-corrected chi connectivity index (χ3v) is 6.06. The Labute approximate surface area is 196 Å². The van der Waals surface area contributed by atoms with Crippen LogP contribution in [0.1, 0.15) is 116 Å². The molecule has 1 amide bonds. The highest BCUT2D eigenvalue weighted by atomic mass is 16.5. The summed E-state index contributed by atoms with van der Waals surface area (Å²) in [6.45, 7) is 2.72. The van der Waals surface area contributed by atoms with Crippen molar-refractivity contribution in [3.05, 3.63) is 24.3 Å². The van der Waals surface area contributed by atoms with Crippen molar-refractivity contribution in [3.63, 3.8) is 0 Å². The summed E-state index contributed by atoms with van der Waals surface area (Å²) in [7, 11) is 0. The number of amides is 1. The number of carbonyl (C=O) groups is 1. The van der Waals surface area contributed by atoms with Gasteiger partial charge >= 0.3 is 6.09 Å². The molecule has 0 aromatic heterocycles. The number of phenolic OH excluding ortho intramolecular Hbond substituents is 1. The SMILES string of the molecule is CCCCCCCCCCCCCCCCCC(CCOc1ccc(O)cc1)NC(=O)O. The Morgan fingerprint density at radius 2 is 1.25 bits per heavy atom. The molecule has 1 aromatic rings. The van der Waals surface area contributed by atoms with Crippen molar-refractivity contribution >= 4 is 6.09 Å². The summed E-state index contributed by atoms with van der Waals surface area (Å²) in [5.74, 6) is 0.889. The van der Waals surface area contributed by atoms with Gasteiger partial charge < -0.3 is 20.3 Å². The Hall–Kier alpha value is -1.91. The van der Waals surface area contributed by atoms with E-state index in [9.17, 15) is 9.90 Å². The average Bonchev–Trinajstić information content (AvgIpc) is 2.77. The second-order valence-electron chi connectivity index (χ2n) is 9.02. The van der Waals surface area contributed by atoms with Gasteiger partial charge in [0.05, 0.1) is 6.61 Å². The second kappa shape index (κ2) is 19.8. The van der Waals surface area contributed by atoms with Crippen LogP contribution in [0.25, 0.3) is 0 Å². The maximum Gasteiger partial charge on any atom is 0.404 e. The number of nitrogens with one attached hydrogen (secondary N) is 1. The minimum Gasteiger partial charge on any atom is -0.508 e. The molecule has 3 N–H and O–H groups in total. The summed E-state index contributed by atoms with van der Waals surface area (Å²) in [5, 5.41) is 21.0. The quantitative estimate of drug-likeness (QED) is 0.166. The Morgan fingerprint density at radius 3 is 1.72 bits per heavy atom. The number of hydrogen-bond acceptors (Lipinski definition) is 3. The molecule has 0 aliphatic carbocycles. The lowest BCUT2D eigenvalue weighted by Crippen LogP contribution is -2.34. The van der Waals surface area contributed by atoms with E-state index >= 15 is 0 Å². The minimum absolute atomic E-state index is 0.0772. The lowest BCUT2D eigenvalue weighted by Gasteiger charge is -2.17. The predicted octanol–water partition coefficient (Wildman–Crippen LogP) is 8.06. The van der Waals surface area contributed by atoms with E-state index in [-0.39, 0.29) is 11.8 Å². The van der Waals surface area contributed by atoms with Gasteiger partial charge in [0.2, 0.25) is 0 Å². The number of benzene rings is 1. The third-order valence-electron chi connectivity index (χ3n) is 6.06. The smallest absolute Gasteiger partial charge is 0.404 e. The van der Waals surface area contributed by atoms with E-state index in [1.54, 1.807) is 24.3 Å².